The standard InChI is InChI=1S/C14H17FN4O/c1-16-10-3-2-4-19(7-10)14(20)11-5-9(15)6-12-13(11)18-8-17-12/h5-6,8,10,16H,2-4,7H2,1H3,(H,17,18). The number of likely N-dealkylation sites (tertiary alicyclic amines) is 1. The summed E-state index contributed by atoms with van der Waals surface area (Å²) in [6, 6.07) is 2.93. The fourth-order valence-electron chi connectivity index (χ4n) is 2.75. The van der Waals surface area contributed by atoms with Crippen LogP contribution in [0, 0.1) is 5.82 Å². The van der Waals surface area contributed by atoms with Crippen LogP contribution in [0.25, 0.3) is 11.0 Å². The lowest BCUT2D eigenvalue weighted by molar-refractivity contribution is 0.0699. The number of hydrogen-bond donors (Lipinski definition) is 2. The van der Waals surface area contributed by atoms with Gasteiger partial charge in [0.1, 0.15) is 11.3 Å². The van der Waals surface area contributed by atoms with Crippen LogP contribution in [0.4, 0.5) is 4.39 Å². The van der Waals surface area contributed by atoms with Gasteiger partial charge in [-0.1, -0.05) is 0 Å². The predicted octanol–water partition coefficient (Wildman–Crippen LogP) is 1.53. The van der Waals surface area contributed by atoms with Crippen LogP contribution < -0.4 is 5.32 Å². The first kappa shape index (κ1) is 13.1. The number of nitrogens with one attached hydrogen (secondary N) is 2. The van der Waals surface area contributed by atoms with Crippen molar-refractivity contribution < 1.29 is 9.18 Å². The molecule has 1 aliphatic heterocycles. The third-order valence-corrected chi connectivity index (χ3v) is 3.84. The Morgan fingerprint density at radius 2 is 2.40 bits per heavy atom. The van der Waals surface area contributed by atoms with Crippen molar-refractivity contribution in [2.45, 2.75) is 18.9 Å². The lowest BCUT2D eigenvalue weighted by Gasteiger charge is -2.32. The van der Waals surface area contributed by atoms with Gasteiger partial charge in [-0.2, -0.15) is 0 Å². The Bertz CT molecular complexity index is 639. The van der Waals surface area contributed by atoms with E-state index in [-0.39, 0.29) is 5.91 Å². The molecule has 0 bridgehead atoms. The highest BCUT2D eigenvalue weighted by Gasteiger charge is 2.25. The molecule has 5 nitrogen and oxygen atoms in total. The minimum absolute atomic E-state index is 0.151. The summed E-state index contributed by atoms with van der Waals surface area (Å²) in [4.78, 5) is 21.3. The SMILES string of the molecule is CNC1CCCN(C(=O)c2cc(F)cc3[nH]cnc23)C1. The van der Waals surface area contributed by atoms with Gasteiger partial charge in [0.15, 0.2) is 0 Å². The summed E-state index contributed by atoms with van der Waals surface area (Å²) >= 11 is 0. The summed E-state index contributed by atoms with van der Waals surface area (Å²) in [7, 11) is 1.90. The molecule has 1 atom stereocenters. The first-order chi connectivity index (χ1) is 9.69. The molecule has 20 heavy (non-hydrogen) atoms. The molecule has 1 amide bonds. The molecule has 1 aliphatic rings. The van der Waals surface area contributed by atoms with E-state index in [0.717, 1.165) is 12.8 Å². The molecule has 106 valence electrons. The zero-order chi connectivity index (χ0) is 14.1. The maximum absolute atomic E-state index is 13.6. The monoisotopic (exact) mass is 276 g/mol. The van der Waals surface area contributed by atoms with Gasteiger partial charge >= 0.3 is 0 Å². The third kappa shape index (κ3) is 2.27. The van der Waals surface area contributed by atoms with Crippen LogP contribution in [0.15, 0.2) is 18.5 Å². The summed E-state index contributed by atoms with van der Waals surface area (Å²) in [6.07, 6.45) is 3.49. The normalized spacial score (nSPS) is 19.5. The van der Waals surface area contributed by atoms with Crippen molar-refractivity contribution in [3.05, 3.63) is 29.8 Å². The average molecular weight is 276 g/mol. The van der Waals surface area contributed by atoms with E-state index in [9.17, 15) is 9.18 Å². The minimum Gasteiger partial charge on any atom is -0.344 e. The number of imidazole rings is 1. The average Bonchev–Trinajstić information content (AvgIpc) is 2.93. The number of carbonyl (C=O) groups excluding carboxylic acids is 1. The number of halogens is 1. The summed E-state index contributed by atoms with van der Waals surface area (Å²) in [6.45, 7) is 1.36. The van der Waals surface area contributed by atoms with Crippen LogP contribution in [0.1, 0.15) is 23.2 Å². The highest BCUT2D eigenvalue weighted by molar-refractivity contribution is 6.04. The second-order valence-corrected chi connectivity index (χ2v) is 5.13. The van der Waals surface area contributed by atoms with Crippen molar-refractivity contribution in [2.75, 3.05) is 20.1 Å². The van der Waals surface area contributed by atoms with Crippen LogP contribution >= 0.6 is 0 Å². The number of rotatable bonds is 2. The van der Waals surface area contributed by atoms with Crippen molar-refractivity contribution in [3.63, 3.8) is 0 Å². The van der Waals surface area contributed by atoms with Crippen molar-refractivity contribution in [2.24, 2.45) is 0 Å². The number of H-pyrrole nitrogens is 1. The molecule has 1 aromatic heterocycles. The number of nitrogens with zero attached hydrogens (tertiary/aromatic N) is 2. The fourth-order valence-corrected chi connectivity index (χ4v) is 2.75. The van der Waals surface area contributed by atoms with Gasteiger partial charge in [-0.05, 0) is 32.0 Å². The van der Waals surface area contributed by atoms with Crippen molar-refractivity contribution in [1.29, 1.82) is 0 Å². The summed E-state index contributed by atoms with van der Waals surface area (Å²) in [5, 5.41) is 3.19. The smallest absolute Gasteiger partial charge is 0.256 e. The molecular weight excluding hydrogens is 259 g/mol. The number of likely N-dealkylation sites (N-methyl/N-ethyl adjacent to an activating group) is 1. The first-order valence-corrected chi connectivity index (χ1v) is 6.78. The van der Waals surface area contributed by atoms with Gasteiger partial charge in [0, 0.05) is 19.1 Å². The fraction of sp³-hybridized carbons (Fsp3) is 0.429. The Morgan fingerprint density at radius 1 is 1.55 bits per heavy atom. The molecule has 0 spiro atoms. The Hall–Kier alpha value is -1.95. The van der Waals surface area contributed by atoms with E-state index in [0.29, 0.717) is 35.7 Å². The van der Waals surface area contributed by atoms with Crippen LogP contribution in [-0.4, -0.2) is 47.0 Å². The number of aromatic nitrogens is 2. The van der Waals surface area contributed by atoms with Gasteiger partial charge < -0.3 is 15.2 Å². The summed E-state index contributed by atoms with van der Waals surface area (Å²) in [5.41, 5.74) is 1.41. The molecule has 1 aromatic carbocycles. The number of fused-ring (bicyclic) bond motifs is 1. The van der Waals surface area contributed by atoms with Gasteiger partial charge in [-0.25, -0.2) is 9.37 Å². The summed E-state index contributed by atoms with van der Waals surface area (Å²) in [5.74, 6) is -0.575. The van der Waals surface area contributed by atoms with Crippen LogP contribution in [0.2, 0.25) is 0 Å². The number of carbonyl (C=O) groups is 1. The van der Waals surface area contributed by atoms with Crippen molar-refractivity contribution in [3.8, 4) is 0 Å². The predicted molar refractivity (Wildman–Crippen MR) is 74.0 cm³/mol. The number of amides is 1. The highest BCUT2D eigenvalue weighted by atomic mass is 19.1. The number of benzene rings is 1. The van der Waals surface area contributed by atoms with E-state index < -0.39 is 5.82 Å². The zero-order valence-corrected chi connectivity index (χ0v) is 11.3. The molecular formula is C14H17FN4O. The van der Waals surface area contributed by atoms with Crippen LogP contribution in [0.3, 0.4) is 0 Å². The van der Waals surface area contributed by atoms with E-state index >= 15 is 0 Å². The van der Waals surface area contributed by atoms with Gasteiger partial charge in [-0.15, -0.1) is 0 Å². The maximum atomic E-state index is 13.6. The summed E-state index contributed by atoms with van der Waals surface area (Å²) < 4.78 is 13.6. The van der Waals surface area contributed by atoms with Crippen molar-refractivity contribution >= 4 is 16.9 Å². The Morgan fingerprint density at radius 3 is 3.20 bits per heavy atom. The van der Waals surface area contributed by atoms with Gasteiger partial charge in [0.05, 0.1) is 17.4 Å². The first-order valence-electron chi connectivity index (χ1n) is 6.78. The maximum Gasteiger partial charge on any atom is 0.256 e. The molecule has 1 fully saturated rings. The number of piperidine rings is 1. The molecule has 0 aliphatic carbocycles. The van der Waals surface area contributed by atoms with Gasteiger partial charge in [0.2, 0.25) is 0 Å². The van der Waals surface area contributed by atoms with E-state index in [1.165, 1.54) is 18.5 Å². The van der Waals surface area contributed by atoms with Gasteiger partial charge in [-0.3, -0.25) is 4.79 Å². The second kappa shape index (κ2) is 5.20. The Balaban J connectivity index is 1.94. The molecule has 1 saturated heterocycles. The number of hydrogen-bond acceptors (Lipinski definition) is 3. The highest BCUT2D eigenvalue weighted by Crippen LogP contribution is 2.21. The zero-order valence-electron chi connectivity index (χ0n) is 11.3. The van der Waals surface area contributed by atoms with Gasteiger partial charge in [0.25, 0.3) is 5.91 Å². The molecule has 2 heterocycles. The molecule has 3 rings (SSSR count). The van der Waals surface area contributed by atoms with Crippen LogP contribution in [0.5, 0.6) is 0 Å². The molecule has 0 radical (unpaired) electrons. The van der Waals surface area contributed by atoms with Crippen molar-refractivity contribution in [1.82, 2.24) is 20.2 Å². The largest absolute Gasteiger partial charge is 0.344 e. The number of aromatic amines is 1. The lowest BCUT2D eigenvalue weighted by atomic mass is 10.0. The topological polar surface area (TPSA) is 61.0 Å². The van der Waals surface area contributed by atoms with Crippen LogP contribution in [-0.2, 0) is 0 Å². The second-order valence-electron chi connectivity index (χ2n) is 5.13. The van der Waals surface area contributed by atoms with E-state index in [4.69, 9.17) is 0 Å². The molecule has 6 heteroatoms. The lowest BCUT2D eigenvalue weighted by Crippen LogP contribution is -2.47. The van der Waals surface area contributed by atoms with E-state index in [1.54, 1.807) is 4.90 Å². The Labute approximate surface area is 116 Å². The quantitative estimate of drug-likeness (QED) is 0.874. The minimum atomic E-state index is -0.424. The van der Waals surface area contributed by atoms with E-state index in [1.807, 2.05) is 7.05 Å². The third-order valence-electron chi connectivity index (χ3n) is 3.84. The molecule has 1 unspecified atom stereocenters. The Kier molecular flexibility index (Phi) is 3.40. The van der Waals surface area contributed by atoms with E-state index in [2.05, 4.69) is 15.3 Å². The molecule has 2 aromatic rings. The molecule has 0 saturated carbocycles. The molecule has 2 N–H and O–H groups in total.